The number of carbonyl (C=O) groups excluding carboxylic acids is 1. The molecule has 0 amide bonds. The van der Waals surface area contributed by atoms with E-state index in [2.05, 4.69) is 4.72 Å². The minimum atomic E-state index is -3.75. The van der Waals surface area contributed by atoms with Crippen LogP contribution in [0.3, 0.4) is 0 Å². The number of halogens is 1. The third-order valence-corrected chi connectivity index (χ3v) is 5.72. The molecule has 0 radical (unpaired) electrons. The van der Waals surface area contributed by atoms with Crippen LogP contribution in [-0.4, -0.2) is 27.0 Å². The van der Waals surface area contributed by atoms with Crippen LogP contribution in [-0.2, 0) is 19.6 Å². The summed E-state index contributed by atoms with van der Waals surface area (Å²) in [5, 5.41) is 0. The van der Waals surface area contributed by atoms with Gasteiger partial charge in [-0.2, -0.15) is 4.72 Å². The van der Waals surface area contributed by atoms with Crippen LogP contribution in [0.5, 0.6) is 0 Å². The van der Waals surface area contributed by atoms with Crippen molar-refractivity contribution in [3.63, 3.8) is 0 Å². The highest BCUT2D eigenvalue weighted by Gasteiger charge is 2.27. The zero-order chi connectivity index (χ0) is 15.2. The average molecular weight is 340 g/mol. The third kappa shape index (κ3) is 5.05. The van der Waals surface area contributed by atoms with Crippen molar-refractivity contribution >= 4 is 38.9 Å². The van der Waals surface area contributed by atoms with Crippen molar-refractivity contribution in [3.05, 3.63) is 16.5 Å². The fraction of sp³-hybridized carbons (Fsp3) is 0.583. The predicted octanol–water partition coefficient (Wildman–Crippen LogP) is 2.80. The van der Waals surface area contributed by atoms with Gasteiger partial charge in [0.05, 0.1) is 10.9 Å². The lowest BCUT2D eigenvalue weighted by atomic mass is 10.1. The molecule has 0 saturated carbocycles. The average Bonchev–Trinajstić information content (AvgIpc) is 2.82. The lowest BCUT2D eigenvalue weighted by molar-refractivity contribution is -0.145. The molecule has 1 aromatic heterocycles. The summed E-state index contributed by atoms with van der Waals surface area (Å²) < 4.78 is 32.1. The van der Waals surface area contributed by atoms with E-state index in [1.807, 2.05) is 6.92 Å². The molecule has 0 saturated heterocycles. The summed E-state index contributed by atoms with van der Waals surface area (Å²) in [4.78, 5) is 11.8. The van der Waals surface area contributed by atoms with Crippen molar-refractivity contribution in [3.8, 4) is 0 Å². The number of thiophene rings is 1. The molecule has 114 valence electrons. The van der Waals surface area contributed by atoms with Gasteiger partial charge in [0.1, 0.15) is 10.3 Å². The number of hydrogen-bond acceptors (Lipinski definition) is 5. The molecule has 1 aromatic rings. The normalized spacial score (nSPS) is 13.2. The first kappa shape index (κ1) is 17.4. The Hall–Kier alpha value is -0.630. The van der Waals surface area contributed by atoms with E-state index >= 15 is 0 Å². The van der Waals surface area contributed by atoms with E-state index < -0.39 is 22.0 Å². The highest BCUT2D eigenvalue weighted by Crippen LogP contribution is 2.25. The molecule has 1 N–H and O–H groups in total. The van der Waals surface area contributed by atoms with Gasteiger partial charge in [-0.05, 0) is 25.5 Å². The van der Waals surface area contributed by atoms with E-state index in [0.29, 0.717) is 10.8 Å². The summed E-state index contributed by atoms with van der Waals surface area (Å²) >= 11 is 6.68. The molecule has 0 aliphatic rings. The molecular formula is C12H18ClNO4S2. The smallest absolute Gasteiger partial charge is 0.324 e. The zero-order valence-electron chi connectivity index (χ0n) is 11.4. The lowest BCUT2D eigenvalue weighted by Crippen LogP contribution is -2.41. The predicted molar refractivity (Wildman–Crippen MR) is 79.6 cm³/mol. The van der Waals surface area contributed by atoms with Crippen molar-refractivity contribution in [2.24, 2.45) is 0 Å². The highest BCUT2D eigenvalue weighted by molar-refractivity contribution is 7.91. The summed E-state index contributed by atoms with van der Waals surface area (Å²) in [7, 11) is -3.75. The first-order valence-corrected chi connectivity index (χ1v) is 9.02. The molecule has 0 aliphatic heterocycles. The van der Waals surface area contributed by atoms with Crippen molar-refractivity contribution in [2.75, 3.05) is 6.61 Å². The number of sulfonamides is 1. The maximum absolute atomic E-state index is 12.2. The maximum atomic E-state index is 12.2. The van der Waals surface area contributed by atoms with Gasteiger partial charge in [0.15, 0.2) is 0 Å². The summed E-state index contributed by atoms with van der Waals surface area (Å²) in [6.45, 7) is 3.87. The minimum absolute atomic E-state index is 0.0910. The zero-order valence-corrected chi connectivity index (χ0v) is 13.8. The van der Waals surface area contributed by atoms with Crippen molar-refractivity contribution in [1.29, 1.82) is 0 Å². The molecule has 20 heavy (non-hydrogen) atoms. The van der Waals surface area contributed by atoms with Crippen LogP contribution in [0.4, 0.5) is 0 Å². The van der Waals surface area contributed by atoms with Gasteiger partial charge in [0.25, 0.3) is 10.0 Å². The van der Waals surface area contributed by atoms with Crippen molar-refractivity contribution in [1.82, 2.24) is 4.72 Å². The van der Waals surface area contributed by atoms with Gasteiger partial charge in [-0.3, -0.25) is 4.79 Å². The number of esters is 1. The summed E-state index contributed by atoms with van der Waals surface area (Å²) in [5.74, 6) is -0.549. The highest BCUT2D eigenvalue weighted by atomic mass is 35.5. The fourth-order valence-electron chi connectivity index (χ4n) is 1.56. The van der Waals surface area contributed by atoms with Crippen LogP contribution < -0.4 is 4.72 Å². The fourth-order valence-corrected chi connectivity index (χ4v) is 4.28. The van der Waals surface area contributed by atoms with Gasteiger partial charge in [0, 0.05) is 0 Å². The molecule has 0 aliphatic carbocycles. The quantitative estimate of drug-likeness (QED) is 0.739. The number of rotatable bonds is 8. The van der Waals surface area contributed by atoms with E-state index in [-0.39, 0.29) is 10.8 Å². The van der Waals surface area contributed by atoms with E-state index in [4.69, 9.17) is 16.3 Å². The molecule has 1 rings (SSSR count). The Morgan fingerprint density at radius 1 is 1.45 bits per heavy atom. The Morgan fingerprint density at radius 3 is 2.65 bits per heavy atom. The Kier molecular flexibility index (Phi) is 6.94. The van der Waals surface area contributed by atoms with Gasteiger partial charge >= 0.3 is 5.97 Å². The second-order valence-electron chi connectivity index (χ2n) is 4.13. The van der Waals surface area contributed by atoms with Gasteiger partial charge < -0.3 is 4.74 Å². The molecule has 0 spiro atoms. The van der Waals surface area contributed by atoms with E-state index in [1.54, 1.807) is 6.92 Å². The second kappa shape index (κ2) is 7.97. The topological polar surface area (TPSA) is 72.5 Å². The lowest BCUT2D eigenvalue weighted by Gasteiger charge is -2.16. The monoisotopic (exact) mass is 339 g/mol. The van der Waals surface area contributed by atoms with Crippen LogP contribution in [0.25, 0.3) is 0 Å². The molecule has 5 nitrogen and oxygen atoms in total. The first-order valence-electron chi connectivity index (χ1n) is 6.35. The van der Waals surface area contributed by atoms with Gasteiger partial charge in [-0.1, -0.05) is 31.4 Å². The van der Waals surface area contributed by atoms with E-state index in [9.17, 15) is 13.2 Å². The van der Waals surface area contributed by atoms with Crippen LogP contribution in [0.2, 0.25) is 4.34 Å². The number of carbonyl (C=O) groups is 1. The largest absolute Gasteiger partial charge is 0.465 e. The Morgan fingerprint density at radius 2 is 2.15 bits per heavy atom. The maximum Gasteiger partial charge on any atom is 0.324 e. The molecule has 0 aromatic carbocycles. The van der Waals surface area contributed by atoms with Crippen LogP contribution in [0.1, 0.15) is 33.1 Å². The summed E-state index contributed by atoms with van der Waals surface area (Å²) in [6, 6.07) is 2.06. The Labute approximate surface area is 128 Å². The van der Waals surface area contributed by atoms with Crippen LogP contribution >= 0.6 is 22.9 Å². The molecular weight excluding hydrogens is 322 g/mol. The standard InChI is InChI=1S/C12H18ClNO4S2/c1-3-5-6-9(12(15)18-4-2)14-20(16,17)11-8-7-10(13)19-11/h7-9,14H,3-6H2,1-2H3. The van der Waals surface area contributed by atoms with E-state index in [0.717, 1.165) is 24.2 Å². The van der Waals surface area contributed by atoms with Gasteiger partial charge in [-0.15, -0.1) is 11.3 Å². The summed E-state index contributed by atoms with van der Waals surface area (Å²) in [5.41, 5.74) is 0. The molecule has 8 heteroatoms. The molecule has 0 bridgehead atoms. The second-order valence-corrected chi connectivity index (χ2v) is 7.78. The summed E-state index contributed by atoms with van der Waals surface area (Å²) in [6.07, 6.45) is 2.01. The van der Waals surface area contributed by atoms with E-state index in [1.165, 1.54) is 12.1 Å². The molecule has 1 heterocycles. The SMILES string of the molecule is CCCCC(NS(=O)(=O)c1ccc(Cl)s1)C(=O)OCC. The van der Waals surface area contributed by atoms with Crippen LogP contribution in [0, 0.1) is 0 Å². The molecule has 1 atom stereocenters. The van der Waals surface area contributed by atoms with Gasteiger partial charge in [-0.25, -0.2) is 8.42 Å². The Bertz CT molecular complexity index is 541. The minimum Gasteiger partial charge on any atom is -0.465 e. The third-order valence-electron chi connectivity index (χ3n) is 2.53. The number of ether oxygens (including phenoxy) is 1. The van der Waals surface area contributed by atoms with Crippen molar-refractivity contribution in [2.45, 2.75) is 43.4 Å². The molecule has 0 fully saturated rings. The Balaban J connectivity index is 2.84. The van der Waals surface area contributed by atoms with Gasteiger partial charge in [0.2, 0.25) is 0 Å². The van der Waals surface area contributed by atoms with Crippen molar-refractivity contribution < 1.29 is 17.9 Å². The number of hydrogen-bond donors (Lipinski definition) is 1. The van der Waals surface area contributed by atoms with Crippen LogP contribution in [0.15, 0.2) is 16.3 Å². The number of unbranched alkanes of at least 4 members (excludes halogenated alkanes) is 1. The molecule has 1 unspecified atom stereocenters. The number of nitrogens with one attached hydrogen (secondary N) is 1. The first-order chi connectivity index (χ1) is 9.40.